The van der Waals surface area contributed by atoms with Crippen LogP contribution in [0.1, 0.15) is 25.6 Å². The molecule has 1 aromatic heterocycles. The van der Waals surface area contributed by atoms with E-state index in [1.807, 2.05) is 11.4 Å². The fourth-order valence-electron chi connectivity index (χ4n) is 1.79. The molecule has 0 spiro atoms. The molecule has 0 unspecified atom stereocenters. The lowest BCUT2D eigenvalue weighted by atomic mass is 10.0. The third-order valence-corrected chi connectivity index (χ3v) is 4.59. The number of benzene rings is 1. The van der Waals surface area contributed by atoms with E-state index in [-0.39, 0.29) is 11.5 Å². The number of carbonyl (C=O) groups excluding carboxylic acids is 1. The van der Waals surface area contributed by atoms with E-state index in [2.05, 4.69) is 21.2 Å². The number of nitrogens with one attached hydrogen (secondary N) is 1. The molecule has 2 rings (SSSR count). The number of halogens is 1. The zero-order chi connectivity index (χ0) is 14.5. The predicted octanol–water partition coefficient (Wildman–Crippen LogP) is 3.18. The molecule has 2 N–H and O–H groups in total. The molecule has 0 atom stereocenters. The summed E-state index contributed by atoms with van der Waals surface area (Å²) < 4.78 is 0.769. The van der Waals surface area contributed by atoms with Gasteiger partial charge in [-0.1, -0.05) is 18.2 Å². The lowest BCUT2D eigenvalue weighted by molar-refractivity contribution is 0.0695. The molecule has 1 heterocycles. The first kappa shape index (κ1) is 14.7. The molecular formula is C14H12BrNO3S. The molecule has 0 aliphatic carbocycles. The summed E-state index contributed by atoms with van der Waals surface area (Å²) in [6.07, 6.45) is 0.483. The molecule has 104 valence electrons. The van der Waals surface area contributed by atoms with E-state index in [4.69, 9.17) is 5.11 Å². The number of thiophene rings is 1. The highest BCUT2D eigenvalue weighted by atomic mass is 79.9. The highest BCUT2D eigenvalue weighted by Crippen LogP contribution is 2.22. The van der Waals surface area contributed by atoms with E-state index >= 15 is 0 Å². The highest BCUT2D eigenvalue weighted by molar-refractivity contribution is 9.10. The maximum Gasteiger partial charge on any atom is 0.335 e. The average Bonchev–Trinajstić information content (AvgIpc) is 2.85. The molecule has 1 amide bonds. The van der Waals surface area contributed by atoms with Crippen LogP contribution in [0.5, 0.6) is 0 Å². The van der Waals surface area contributed by atoms with E-state index in [0.29, 0.717) is 23.4 Å². The van der Waals surface area contributed by atoms with Crippen molar-refractivity contribution >= 4 is 39.1 Å². The molecular weight excluding hydrogens is 342 g/mol. The van der Waals surface area contributed by atoms with Crippen LogP contribution in [0.3, 0.4) is 0 Å². The van der Waals surface area contributed by atoms with Gasteiger partial charge in [-0.2, -0.15) is 0 Å². The molecule has 2 aromatic rings. The Bertz CT molecular complexity index is 639. The van der Waals surface area contributed by atoms with Gasteiger partial charge in [0.1, 0.15) is 4.88 Å². The van der Waals surface area contributed by atoms with Gasteiger partial charge in [0.25, 0.3) is 5.91 Å². The number of carboxylic acid groups (broad SMARTS) is 1. The Balaban J connectivity index is 1.95. The fourth-order valence-corrected chi connectivity index (χ4v) is 3.26. The van der Waals surface area contributed by atoms with Crippen LogP contribution in [0, 0.1) is 0 Å². The third kappa shape index (κ3) is 3.46. The van der Waals surface area contributed by atoms with Crippen LogP contribution in [-0.2, 0) is 6.42 Å². The fraction of sp³-hybridized carbons (Fsp3) is 0.143. The molecule has 0 bridgehead atoms. The van der Waals surface area contributed by atoms with Crippen molar-refractivity contribution < 1.29 is 14.7 Å². The van der Waals surface area contributed by atoms with E-state index in [0.717, 1.165) is 4.47 Å². The third-order valence-electron chi connectivity index (χ3n) is 2.75. The van der Waals surface area contributed by atoms with Gasteiger partial charge >= 0.3 is 5.97 Å². The number of hydrogen-bond acceptors (Lipinski definition) is 3. The number of hydrogen-bond donors (Lipinski definition) is 2. The minimum absolute atomic E-state index is 0.153. The molecule has 6 heteroatoms. The summed E-state index contributed by atoms with van der Waals surface area (Å²) >= 11 is 4.67. The molecule has 0 aliphatic heterocycles. The van der Waals surface area contributed by atoms with Crippen molar-refractivity contribution in [1.29, 1.82) is 0 Å². The first-order valence-electron chi connectivity index (χ1n) is 5.92. The Morgan fingerprint density at radius 3 is 2.65 bits per heavy atom. The Labute approximate surface area is 128 Å². The molecule has 4 nitrogen and oxygen atoms in total. The smallest absolute Gasteiger partial charge is 0.335 e. The van der Waals surface area contributed by atoms with Gasteiger partial charge in [-0.3, -0.25) is 4.79 Å². The summed E-state index contributed by atoms with van der Waals surface area (Å²) in [4.78, 5) is 23.6. The molecule has 0 aliphatic rings. The van der Waals surface area contributed by atoms with E-state index in [1.54, 1.807) is 24.3 Å². The lowest BCUT2D eigenvalue weighted by Gasteiger charge is -2.07. The number of carbonyl (C=O) groups is 2. The van der Waals surface area contributed by atoms with Gasteiger partial charge in [0.05, 0.1) is 5.56 Å². The maximum atomic E-state index is 11.9. The van der Waals surface area contributed by atoms with Gasteiger partial charge in [-0.25, -0.2) is 4.79 Å². The zero-order valence-electron chi connectivity index (χ0n) is 10.4. The standard InChI is InChI=1S/C14H12BrNO3S/c15-11-6-8-20-12(11)13(17)16-7-5-9-3-1-2-4-10(9)14(18)19/h1-4,6,8H,5,7H2,(H,16,17)(H,18,19). The summed E-state index contributed by atoms with van der Waals surface area (Å²) in [5.41, 5.74) is 0.990. The molecule has 0 saturated carbocycles. The summed E-state index contributed by atoms with van der Waals surface area (Å²) in [5, 5.41) is 13.7. The second-order valence-corrected chi connectivity index (χ2v) is 5.84. The number of carboxylic acids is 1. The topological polar surface area (TPSA) is 66.4 Å². The van der Waals surface area contributed by atoms with Gasteiger partial charge in [0.15, 0.2) is 0 Å². The van der Waals surface area contributed by atoms with Crippen molar-refractivity contribution in [3.8, 4) is 0 Å². The van der Waals surface area contributed by atoms with Crippen molar-refractivity contribution in [3.05, 3.63) is 56.2 Å². The van der Waals surface area contributed by atoms with Crippen LogP contribution >= 0.6 is 27.3 Å². The van der Waals surface area contributed by atoms with Crippen molar-refractivity contribution in [1.82, 2.24) is 5.32 Å². The van der Waals surface area contributed by atoms with Crippen LogP contribution in [-0.4, -0.2) is 23.5 Å². The van der Waals surface area contributed by atoms with Crippen molar-refractivity contribution in [2.24, 2.45) is 0 Å². The van der Waals surface area contributed by atoms with Crippen LogP contribution in [0.25, 0.3) is 0 Å². The Morgan fingerprint density at radius 2 is 2.00 bits per heavy atom. The molecule has 0 saturated heterocycles. The second kappa shape index (κ2) is 6.67. The van der Waals surface area contributed by atoms with E-state index in [1.165, 1.54) is 11.3 Å². The van der Waals surface area contributed by atoms with Gasteiger partial charge < -0.3 is 10.4 Å². The monoisotopic (exact) mass is 353 g/mol. The van der Waals surface area contributed by atoms with Crippen molar-refractivity contribution in [2.45, 2.75) is 6.42 Å². The van der Waals surface area contributed by atoms with Gasteiger partial charge in [0, 0.05) is 11.0 Å². The number of rotatable bonds is 5. The maximum absolute atomic E-state index is 11.9. The SMILES string of the molecule is O=C(O)c1ccccc1CCNC(=O)c1sccc1Br. The quantitative estimate of drug-likeness (QED) is 0.867. The average molecular weight is 354 g/mol. The van der Waals surface area contributed by atoms with Crippen molar-refractivity contribution in [2.75, 3.05) is 6.54 Å². The lowest BCUT2D eigenvalue weighted by Crippen LogP contribution is -2.25. The summed E-state index contributed by atoms with van der Waals surface area (Å²) in [7, 11) is 0. The molecule has 0 fully saturated rings. The first-order chi connectivity index (χ1) is 9.59. The summed E-state index contributed by atoms with van der Waals surface area (Å²) in [6, 6.07) is 8.62. The minimum Gasteiger partial charge on any atom is -0.478 e. The minimum atomic E-state index is -0.951. The number of aromatic carboxylic acids is 1. The second-order valence-electron chi connectivity index (χ2n) is 4.07. The first-order valence-corrected chi connectivity index (χ1v) is 7.59. The van der Waals surface area contributed by atoms with Gasteiger partial charge in [0.2, 0.25) is 0 Å². The normalized spacial score (nSPS) is 10.2. The Morgan fingerprint density at radius 1 is 1.25 bits per heavy atom. The van der Waals surface area contributed by atoms with Crippen LogP contribution in [0.4, 0.5) is 0 Å². The van der Waals surface area contributed by atoms with Crippen LogP contribution < -0.4 is 5.32 Å². The largest absolute Gasteiger partial charge is 0.478 e. The van der Waals surface area contributed by atoms with Crippen LogP contribution in [0.15, 0.2) is 40.2 Å². The van der Waals surface area contributed by atoms with Crippen LogP contribution in [0.2, 0.25) is 0 Å². The molecule has 0 radical (unpaired) electrons. The summed E-state index contributed by atoms with van der Waals surface area (Å²) in [6.45, 7) is 0.396. The van der Waals surface area contributed by atoms with Gasteiger partial charge in [-0.05, 0) is 45.4 Å². The predicted molar refractivity (Wildman–Crippen MR) is 81.5 cm³/mol. The Kier molecular flexibility index (Phi) is 4.92. The number of amides is 1. The Hall–Kier alpha value is -1.66. The highest BCUT2D eigenvalue weighted by Gasteiger charge is 2.12. The van der Waals surface area contributed by atoms with E-state index in [9.17, 15) is 9.59 Å². The van der Waals surface area contributed by atoms with Crippen molar-refractivity contribution in [3.63, 3.8) is 0 Å². The molecule has 1 aromatic carbocycles. The van der Waals surface area contributed by atoms with E-state index < -0.39 is 5.97 Å². The zero-order valence-corrected chi connectivity index (χ0v) is 12.8. The molecule has 20 heavy (non-hydrogen) atoms. The van der Waals surface area contributed by atoms with Gasteiger partial charge in [-0.15, -0.1) is 11.3 Å². The summed E-state index contributed by atoms with van der Waals surface area (Å²) in [5.74, 6) is -1.10.